The van der Waals surface area contributed by atoms with Gasteiger partial charge in [-0.3, -0.25) is 19.2 Å². The third kappa shape index (κ3) is 13.5. The van der Waals surface area contributed by atoms with Gasteiger partial charge in [0, 0.05) is 32.6 Å². The number of nitrogens with zero attached hydrogens (tertiary/aromatic N) is 1. The Balaban J connectivity index is 0.00000705. The molecule has 0 saturated carbocycles. The molecule has 0 aromatic heterocycles. The van der Waals surface area contributed by atoms with Gasteiger partial charge in [0.15, 0.2) is 0 Å². The maximum absolute atomic E-state index is 13.6. The van der Waals surface area contributed by atoms with Crippen molar-refractivity contribution in [2.75, 3.05) is 33.4 Å². The fourth-order valence-corrected chi connectivity index (χ4v) is 5.15. The van der Waals surface area contributed by atoms with Crippen molar-refractivity contribution in [3.05, 3.63) is 65.7 Å². The summed E-state index contributed by atoms with van der Waals surface area (Å²) in [7, 11) is 1.60. The summed E-state index contributed by atoms with van der Waals surface area (Å²) < 4.78 is 10.1. The molecule has 1 saturated heterocycles. The topological polar surface area (TPSA) is 146 Å². The van der Waals surface area contributed by atoms with Crippen molar-refractivity contribution in [3.63, 3.8) is 0 Å². The van der Waals surface area contributed by atoms with Gasteiger partial charge >= 0.3 is 5.97 Å². The zero-order valence-electron chi connectivity index (χ0n) is 26.2. The summed E-state index contributed by atoms with van der Waals surface area (Å²) in [6, 6.07) is 15.3. The number of piperidine rings is 1. The number of likely N-dealkylation sites (tertiary alicyclic amines) is 1. The Morgan fingerprint density at radius 3 is 2.36 bits per heavy atom. The number of esters is 1. The van der Waals surface area contributed by atoms with E-state index in [1.807, 2.05) is 54.6 Å². The lowest BCUT2D eigenvalue weighted by Gasteiger charge is -2.29. The van der Waals surface area contributed by atoms with Crippen molar-refractivity contribution >= 4 is 36.1 Å². The molecule has 1 aliphatic rings. The molecule has 1 aliphatic heterocycles. The van der Waals surface area contributed by atoms with Crippen LogP contribution in [0.15, 0.2) is 54.6 Å². The van der Waals surface area contributed by atoms with E-state index in [2.05, 4.69) is 16.0 Å². The van der Waals surface area contributed by atoms with Gasteiger partial charge in [-0.1, -0.05) is 42.5 Å². The number of ether oxygens (including phenoxy) is 2. The molecular formula is C33H47ClN4O7. The van der Waals surface area contributed by atoms with E-state index in [4.69, 9.17) is 9.47 Å². The second-order valence-electron chi connectivity index (χ2n) is 10.9. The van der Waals surface area contributed by atoms with Gasteiger partial charge in [0.1, 0.15) is 18.2 Å². The fraction of sp³-hybridized carbons (Fsp3) is 0.515. The van der Waals surface area contributed by atoms with Crippen molar-refractivity contribution in [2.45, 2.75) is 76.6 Å². The SMILES string of the molecule is CCOC(=O)CC(=O)N[C@H](CCC(=O)N1CCCCC1)C(=O)N[C@@H](Cc1ccccc1)C(O)CNCc1cccc(OC)c1.Cl. The number of carbonyl (C=O) groups is 4. The average molecular weight is 647 g/mol. The van der Waals surface area contributed by atoms with Gasteiger partial charge in [0.05, 0.1) is 25.9 Å². The maximum atomic E-state index is 13.6. The van der Waals surface area contributed by atoms with Crippen LogP contribution in [0.1, 0.15) is 56.6 Å². The van der Waals surface area contributed by atoms with Gasteiger partial charge in [-0.05, 0) is 62.3 Å². The molecule has 3 amide bonds. The first-order valence-corrected chi connectivity index (χ1v) is 15.4. The molecule has 1 heterocycles. The highest BCUT2D eigenvalue weighted by molar-refractivity contribution is 5.97. The molecule has 0 spiro atoms. The highest BCUT2D eigenvalue weighted by Crippen LogP contribution is 2.14. The maximum Gasteiger partial charge on any atom is 0.315 e. The number of aliphatic hydroxyl groups is 1. The number of halogens is 1. The van der Waals surface area contributed by atoms with Crippen LogP contribution in [0.4, 0.5) is 0 Å². The summed E-state index contributed by atoms with van der Waals surface area (Å²) in [5.74, 6) is -1.26. The van der Waals surface area contributed by atoms with Crippen molar-refractivity contribution in [2.24, 2.45) is 0 Å². The zero-order chi connectivity index (χ0) is 31.7. The number of hydrogen-bond donors (Lipinski definition) is 4. The van der Waals surface area contributed by atoms with E-state index in [1.54, 1.807) is 18.9 Å². The quantitative estimate of drug-likeness (QED) is 0.152. The van der Waals surface area contributed by atoms with Crippen LogP contribution in [0, 0.1) is 0 Å². The smallest absolute Gasteiger partial charge is 0.315 e. The van der Waals surface area contributed by atoms with Crippen molar-refractivity contribution in [1.82, 2.24) is 20.9 Å². The molecule has 0 radical (unpaired) electrons. The van der Waals surface area contributed by atoms with Crippen LogP contribution in [0.2, 0.25) is 0 Å². The molecule has 4 N–H and O–H groups in total. The Hall–Kier alpha value is -3.67. The van der Waals surface area contributed by atoms with Gasteiger partial charge in [-0.15, -0.1) is 12.4 Å². The first kappa shape index (κ1) is 37.5. The fourth-order valence-electron chi connectivity index (χ4n) is 5.15. The minimum Gasteiger partial charge on any atom is -0.497 e. The summed E-state index contributed by atoms with van der Waals surface area (Å²) in [6.07, 6.45) is 1.90. The second-order valence-corrected chi connectivity index (χ2v) is 10.9. The number of nitrogens with one attached hydrogen (secondary N) is 3. The standard InChI is InChI=1S/C33H46N4O7.ClH/c1-3-44-32(41)21-30(39)35-27(15-16-31(40)37-17-8-5-9-18-37)33(42)36-28(20-24-11-6-4-7-12-24)29(38)23-34-22-25-13-10-14-26(19-25)43-2;/h4,6-7,10-14,19,27-29,34,38H,3,5,8-9,15-18,20-23H2,1-2H3,(H,35,39)(H,36,42);1H/t27-,28+,29?;/m1./s1. The van der Waals surface area contributed by atoms with Crippen molar-refractivity contribution < 1.29 is 33.8 Å². The number of hydrogen-bond acceptors (Lipinski definition) is 8. The van der Waals surface area contributed by atoms with Crippen LogP contribution in [0.5, 0.6) is 5.75 Å². The molecule has 11 nitrogen and oxygen atoms in total. The van der Waals surface area contributed by atoms with E-state index < -0.39 is 42.4 Å². The van der Waals surface area contributed by atoms with Crippen molar-refractivity contribution in [1.29, 1.82) is 0 Å². The molecule has 3 rings (SSSR count). The third-order valence-electron chi connectivity index (χ3n) is 7.52. The molecular weight excluding hydrogens is 600 g/mol. The molecule has 12 heteroatoms. The largest absolute Gasteiger partial charge is 0.497 e. The van der Waals surface area contributed by atoms with Crippen LogP contribution < -0.4 is 20.7 Å². The molecule has 1 fully saturated rings. The normalized spacial score (nSPS) is 14.7. The summed E-state index contributed by atoms with van der Waals surface area (Å²) in [6.45, 7) is 3.79. The Bertz CT molecular complexity index is 1210. The molecule has 3 atom stereocenters. The van der Waals surface area contributed by atoms with E-state index in [0.29, 0.717) is 26.1 Å². The van der Waals surface area contributed by atoms with E-state index in [9.17, 15) is 24.3 Å². The predicted octanol–water partition coefficient (Wildman–Crippen LogP) is 2.53. The second kappa shape index (κ2) is 20.4. The Morgan fingerprint density at radius 1 is 0.956 bits per heavy atom. The molecule has 2 aromatic rings. The van der Waals surface area contributed by atoms with Crippen LogP contribution in [-0.2, 0) is 36.9 Å². The van der Waals surface area contributed by atoms with Gasteiger partial charge in [-0.25, -0.2) is 0 Å². The van der Waals surface area contributed by atoms with E-state index >= 15 is 0 Å². The lowest BCUT2D eigenvalue weighted by atomic mass is 9.99. The predicted molar refractivity (Wildman–Crippen MR) is 173 cm³/mol. The van der Waals surface area contributed by atoms with Gasteiger partial charge in [0.25, 0.3) is 0 Å². The third-order valence-corrected chi connectivity index (χ3v) is 7.52. The first-order chi connectivity index (χ1) is 21.3. The van der Waals surface area contributed by atoms with Crippen LogP contribution >= 0.6 is 12.4 Å². The van der Waals surface area contributed by atoms with E-state index in [-0.39, 0.29) is 44.3 Å². The Labute approximate surface area is 271 Å². The Morgan fingerprint density at radius 2 is 1.67 bits per heavy atom. The zero-order valence-corrected chi connectivity index (χ0v) is 27.0. The van der Waals surface area contributed by atoms with Crippen molar-refractivity contribution in [3.8, 4) is 5.75 Å². The summed E-state index contributed by atoms with van der Waals surface area (Å²) in [5, 5.41) is 20.0. The molecule has 45 heavy (non-hydrogen) atoms. The minimum atomic E-state index is -1.08. The van der Waals surface area contributed by atoms with Gasteiger partial charge in [0.2, 0.25) is 17.7 Å². The molecule has 2 aromatic carbocycles. The lowest BCUT2D eigenvalue weighted by Crippen LogP contribution is -2.55. The molecule has 0 bridgehead atoms. The van der Waals surface area contributed by atoms with Crippen LogP contribution in [0.25, 0.3) is 0 Å². The van der Waals surface area contributed by atoms with E-state index in [0.717, 1.165) is 36.1 Å². The molecule has 1 unspecified atom stereocenters. The summed E-state index contributed by atoms with van der Waals surface area (Å²) >= 11 is 0. The summed E-state index contributed by atoms with van der Waals surface area (Å²) in [5.41, 5.74) is 1.88. The number of benzene rings is 2. The van der Waals surface area contributed by atoms with Crippen LogP contribution in [0.3, 0.4) is 0 Å². The molecule has 248 valence electrons. The van der Waals surface area contributed by atoms with E-state index in [1.165, 1.54) is 0 Å². The molecule has 0 aliphatic carbocycles. The average Bonchev–Trinajstić information content (AvgIpc) is 3.03. The Kier molecular flexibility index (Phi) is 17.0. The number of rotatable bonds is 17. The minimum absolute atomic E-state index is 0. The number of aliphatic hydroxyl groups excluding tert-OH is 1. The number of methoxy groups -OCH3 is 1. The van der Waals surface area contributed by atoms with Gasteiger partial charge < -0.3 is 35.4 Å². The highest BCUT2D eigenvalue weighted by Gasteiger charge is 2.29. The van der Waals surface area contributed by atoms with Crippen LogP contribution in [-0.4, -0.2) is 85.2 Å². The highest BCUT2D eigenvalue weighted by atomic mass is 35.5. The monoisotopic (exact) mass is 646 g/mol. The summed E-state index contributed by atoms with van der Waals surface area (Å²) in [4.78, 5) is 52.9. The number of carbonyl (C=O) groups excluding carboxylic acids is 4. The lowest BCUT2D eigenvalue weighted by molar-refractivity contribution is -0.147. The number of amides is 3. The van der Waals surface area contributed by atoms with Gasteiger partial charge in [-0.2, -0.15) is 0 Å². The first-order valence-electron chi connectivity index (χ1n) is 15.4.